The lowest BCUT2D eigenvalue weighted by atomic mass is 10.1. The molecule has 1 aromatic heterocycles. The summed E-state index contributed by atoms with van der Waals surface area (Å²) in [6.45, 7) is 0. The molecule has 0 amide bonds. The maximum Gasteiger partial charge on any atom is 0.0476 e. The van der Waals surface area contributed by atoms with Gasteiger partial charge in [-0.05, 0) is 91.0 Å². The molecule has 47 heavy (non-hydrogen) atoms. The quantitative estimate of drug-likeness (QED) is 0.176. The first-order chi connectivity index (χ1) is 23.3. The standard InChI is InChI=1S/C42H28N2S3/c1-4-12-29(13-5-1)43(30-14-6-2-7-15-30)33-21-24-38-41(27-33)46-39-25-22-34(28-42(39)47-38)44(31-16-8-3-9-17-31)32-20-23-36-35-18-10-11-19-37(35)45-40(36)26-32/h1-28H. The van der Waals surface area contributed by atoms with Crippen molar-refractivity contribution in [3.05, 3.63) is 170 Å². The number of fused-ring (bicyclic) bond motifs is 5. The minimum Gasteiger partial charge on any atom is -0.310 e. The SMILES string of the molecule is c1ccc(N(c2ccccc2)c2ccc3c(c2)Sc2ccc(N(c4ccccc4)c4ccc5c(c4)sc4ccccc45)cc2S3)cc1. The van der Waals surface area contributed by atoms with E-state index >= 15 is 0 Å². The van der Waals surface area contributed by atoms with Gasteiger partial charge in [-0.25, -0.2) is 0 Å². The molecule has 2 heterocycles. The summed E-state index contributed by atoms with van der Waals surface area (Å²) >= 11 is 5.58. The van der Waals surface area contributed by atoms with Crippen LogP contribution in [0.1, 0.15) is 0 Å². The Labute approximate surface area is 286 Å². The molecule has 224 valence electrons. The molecular formula is C42H28N2S3. The molecule has 1 aliphatic heterocycles. The second-order valence-electron chi connectivity index (χ2n) is 11.4. The Kier molecular flexibility index (Phi) is 7.23. The molecule has 0 saturated heterocycles. The average molecular weight is 657 g/mol. The Morgan fingerprint density at radius 2 is 0.723 bits per heavy atom. The van der Waals surface area contributed by atoms with Crippen LogP contribution in [-0.4, -0.2) is 0 Å². The van der Waals surface area contributed by atoms with Gasteiger partial charge in [0.25, 0.3) is 0 Å². The van der Waals surface area contributed by atoms with Gasteiger partial charge in [-0.1, -0.05) is 102 Å². The van der Waals surface area contributed by atoms with Crippen molar-refractivity contribution in [2.45, 2.75) is 19.6 Å². The molecule has 0 aliphatic carbocycles. The van der Waals surface area contributed by atoms with Crippen LogP contribution in [0.15, 0.2) is 189 Å². The lowest BCUT2D eigenvalue weighted by Crippen LogP contribution is -2.10. The van der Waals surface area contributed by atoms with Crippen LogP contribution in [0.4, 0.5) is 34.1 Å². The normalized spacial score (nSPS) is 12.1. The molecule has 0 unspecified atom stereocenters. The molecule has 2 nitrogen and oxygen atoms in total. The molecule has 0 N–H and O–H groups in total. The fraction of sp³-hybridized carbons (Fsp3) is 0. The second kappa shape index (κ2) is 12.0. The maximum atomic E-state index is 2.38. The summed E-state index contributed by atoms with van der Waals surface area (Å²) < 4.78 is 2.63. The van der Waals surface area contributed by atoms with Crippen LogP contribution in [-0.2, 0) is 0 Å². The van der Waals surface area contributed by atoms with Crippen LogP contribution in [0.2, 0.25) is 0 Å². The molecule has 0 fully saturated rings. The molecule has 7 aromatic carbocycles. The summed E-state index contributed by atoms with van der Waals surface area (Å²) in [6, 6.07) is 61.3. The summed E-state index contributed by atoms with van der Waals surface area (Å²) in [6.07, 6.45) is 0. The summed E-state index contributed by atoms with van der Waals surface area (Å²) in [4.78, 5) is 9.82. The molecule has 9 rings (SSSR count). The lowest BCUT2D eigenvalue weighted by molar-refractivity contribution is 1.13. The van der Waals surface area contributed by atoms with Crippen molar-refractivity contribution in [2.75, 3.05) is 9.80 Å². The van der Waals surface area contributed by atoms with E-state index in [-0.39, 0.29) is 0 Å². The Bertz CT molecular complexity index is 2330. The molecular weight excluding hydrogens is 629 g/mol. The minimum absolute atomic E-state index is 1.15. The fourth-order valence-corrected chi connectivity index (χ4v) is 9.72. The average Bonchev–Trinajstić information content (AvgIpc) is 3.50. The number of thiophene rings is 1. The van der Waals surface area contributed by atoms with Gasteiger partial charge in [0.05, 0.1) is 0 Å². The zero-order valence-electron chi connectivity index (χ0n) is 25.3. The van der Waals surface area contributed by atoms with Gasteiger partial charge in [-0.15, -0.1) is 11.3 Å². The highest BCUT2D eigenvalue weighted by atomic mass is 32.2. The monoisotopic (exact) mass is 656 g/mol. The van der Waals surface area contributed by atoms with Crippen molar-refractivity contribution in [3.63, 3.8) is 0 Å². The highest BCUT2D eigenvalue weighted by Crippen LogP contribution is 2.52. The number of hydrogen-bond acceptors (Lipinski definition) is 5. The number of hydrogen-bond donors (Lipinski definition) is 0. The maximum absolute atomic E-state index is 2.38. The van der Waals surface area contributed by atoms with Crippen molar-refractivity contribution < 1.29 is 0 Å². The van der Waals surface area contributed by atoms with Crippen LogP contribution in [0.3, 0.4) is 0 Å². The van der Waals surface area contributed by atoms with Crippen molar-refractivity contribution >= 4 is 89.2 Å². The van der Waals surface area contributed by atoms with Crippen molar-refractivity contribution in [2.24, 2.45) is 0 Å². The van der Waals surface area contributed by atoms with Crippen molar-refractivity contribution in [3.8, 4) is 0 Å². The van der Waals surface area contributed by atoms with Gasteiger partial charge in [0.15, 0.2) is 0 Å². The number of benzene rings is 7. The number of nitrogens with zero attached hydrogens (tertiary/aromatic N) is 2. The Morgan fingerprint density at radius 3 is 1.28 bits per heavy atom. The van der Waals surface area contributed by atoms with Crippen LogP contribution in [0, 0.1) is 0 Å². The number of anilines is 6. The smallest absolute Gasteiger partial charge is 0.0476 e. The number of para-hydroxylation sites is 3. The van der Waals surface area contributed by atoms with Gasteiger partial charge in [0, 0.05) is 73.9 Å². The van der Waals surface area contributed by atoms with Crippen molar-refractivity contribution in [1.29, 1.82) is 0 Å². The Morgan fingerprint density at radius 1 is 0.298 bits per heavy atom. The van der Waals surface area contributed by atoms with E-state index in [2.05, 4.69) is 180 Å². The van der Waals surface area contributed by atoms with E-state index in [4.69, 9.17) is 0 Å². The van der Waals surface area contributed by atoms with Crippen LogP contribution in [0.25, 0.3) is 20.2 Å². The third kappa shape index (κ3) is 5.27. The molecule has 0 spiro atoms. The van der Waals surface area contributed by atoms with Crippen LogP contribution < -0.4 is 9.80 Å². The van der Waals surface area contributed by atoms with E-state index in [1.54, 1.807) is 0 Å². The van der Waals surface area contributed by atoms with Gasteiger partial charge in [-0.3, -0.25) is 0 Å². The lowest BCUT2D eigenvalue weighted by Gasteiger charge is -2.29. The van der Waals surface area contributed by atoms with E-state index < -0.39 is 0 Å². The van der Waals surface area contributed by atoms with Crippen molar-refractivity contribution in [1.82, 2.24) is 0 Å². The van der Waals surface area contributed by atoms with E-state index in [0.29, 0.717) is 0 Å². The Balaban J connectivity index is 1.08. The fourth-order valence-electron chi connectivity index (χ4n) is 6.32. The summed E-state index contributed by atoms with van der Waals surface area (Å²) in [5.74, 6) is 0. The third-order valence-electron chi connectivity index (χ3n) is 8.47. The zero-order valence-corrected chi connectivity index (χ0v) is 27.7. The second-order valence-corrected chi connectivity index (χ2v) is 14.7. The van der Waals surface area contributed by atoms with E-state index in [9.17, 15) is 0 Å². The minimum atomic E-state index is 1.15. The first kappa shape index (κ1) is 28.3. The van der Waals surface area contributed by atoms with Crippen LogP contribution in [0.5, 0.6) is 0 Å². The first-order valence-corrected chi connectivity index (χ1v) is 18.0. The van der Waals surface area contributed by atoms with Crippen LogP contribution >= 0.6 is 34.9 Å². The topological polar surface area (TPSA) is 6.48 Å². The predicted molar refractivity (Wildman–Crippen MR) is 203 cm³/mol. The molecule has 8 aromatic rings. The van der Waals surface area contributed by atoms with E-state index in [0.717, 1.165) is 34.1 Å². The molecule has 0 bridgehead atoms. The third-order valence-corrected chi connectivity index (χ3v) is 12.1. The van der Waals surface area contributed by atoms with Gasteiger partial charge in [0.2, 0.25) is 0 Å². The van der Waals surface area contributed by atoms with E-state index in [1.165, 1.54) is 39.8 Å². The molecule has 5 heteroatoms. The summed E-state index contributed by atoms with van der Waals surface area (Å²) in [5.41, 5.74) is 6.91. The largest absolute Gasteiger partial charge is 0.310 e. The summed E-state index contributed by atoms with van der Waals surface area (Å²) in [5, 5.41) is 2.64. The van der Waals surface area contributed by atoms with Gasteiger partial charge in [-0.2, -0.15) is 0 Å². The highest BCUT2D eigenvalue weighted by molar-refractivity contribution is 8.05. The summed E-state index contributed by atoms with van der Waals surface area (Å²) in [7, 11) is 0. The number of rotatable bonds is 6. The molecule has 0 radical (unpaired) electrons. The van der Waals surface area contributed by atoms with E-state index in [1.807, 2.05) is 34.9 Å². The first-order valence-electron chi connectivity index (χ1n) is 15.6. The van der Waals surface area contributed by atoms with Gasteiger partial charge < -0.3 is 9.80 Å². The molecule has 0 saturated carbocycles. The highest BCUT2D eigenvalue weighted by Gasteiger charge is 2.22. The van der Waals surface area contributed by atoms with Gasteiger partial charge in [0.1, 0.15) is 0 Å². The molecule has 0 atom stereocenters. The Hall–Kier alpha value is -4.94. The molecule has 1 aliphatic rings. The zero-order chi connectivity index (χ0) is 31.2. The predicted octanol–water partition coefficient (Wildman–Crippen LogP) is 13.6. The van der Waals surface area contributed by atoms with Gasteiger partial charge >= 0.3 is 0 Å².